The number of aromatic nitrogens is 2. The van der Waals surface area contributed by atoms with Gasteiger partial charge < -0.3 is 9.64 Å². The lowest BCUT2D eigenvalue weighted by atomic mass is 10.1. The van der Waals surface area contributed by atoms with Crippen LogP contribution in [0.15, 0.2) is 91.1 Å². The van der Waals surface area contributed by atoms with E-state index in [1.165, 1.54) is 0 Å². The lowest BCUT2D eigenvalue weighted by molar-refractivity contribution is -0.128. The molecule has 0 radical (unpaired) electrons. The van der Waals surface area contributed by atoms with Crippen LogP contribution in [-0.2, 0) is 11.3 Å². The molecule has 4 aromatic rings. The summed E-state index contributed by atoms with van der Waals surface area (Å²) in [5.74, 6) is 1.42. The summed E-state index contributed by atoms with van der Waals surface area (Å²) in [5.41, 5.74) is 5.01. The smallest absolute Gasteiger partial charge is 0.234 e. The predicted octanol–water partition coefficient (Wildman–Crippen LogP) is 5.32. The zero-order chi connectivity index (χ0) is 21.9. The number of amides is 1. The van der Waals surface area contributed by atoms with E-state index >= 15 is 0 Å². The fourth-order valence-corrected chi connectivity index (χ4v) is 5.11. The number of thioether (sulfide) groups is 1. The molecule has 1 aromatic heterocycles. The van der Waals surface area contributed by atoms with Gasteiger partial charge in [0.2, 0.25) is 5.91 Å². The molecule has 3 aromatic carbocycles. The molecule has 0 bridgehead atoms. The van der Waals surface area contributed by atoms with Crippen molar-refractivity contribution in [3.05, 3.63) is 102 Å². The van der Waals surface area contributed by atoms with Gasteiger partial charge in [-0.1, -0.05) is 48.5 Å². The van der Waals surface area contributed by atoms with Gasteiger partial charge in [0.1, 0.15) is 11.1 Å². The minimum absolute atomic E-state index is 0.0997. The van der Waals surface area contributed by atoms with Gasteiger partial charge in [-0.3, -0.25) is 4.79 Å². The third-order valence-corrected chi connectivity index (χ3v) is 6.79. The summed E-state index contributed by atoms with van der Waals surface area (Å²) in [6, 6.07) is 28.1. The monoisotopic (exact) mass is 441 g/mol. The summed E-state index contributed by atoms with van der Waals surface area (Å²) in [5, 5.41) is 4.84. The largest absolute Gasteiger partial charge is 0.497 e. The van der Waals surface area contributed by atoms with Crippen LogP contribution < -0.4 is 4.74 Å². The molecule has 1 saturated heterocycles. The first-order valence-electron chi connectivity index (χ1n) is 10.5. The molecule has 0 spiro atoms. The van der Waals surface area contributed by atoms with Gasteiger partial charge in [0, 0.05) is 23.9 Å². The summed E-state index contributed by atoms with van der Waals surface area (Å²) < 4.78 is 7.23. The Balaban J connectivity index is 1.57. The van der Waals surface area contributed by atoms with E-state index in [9.17, 15) is 4.79 Å². The molecule has 1 unspecified atom stereocenters. The fraction of sp³-hybridized carbons (Fsp3) is 0.154. The first-order valence-corrected chi connectivity index (χ1v) is 11.5. The van der Waals surface area contributed by atoms with E-state index in [1.807, 2.05) is 82.4 Å². The molecular weight excluding hydrogens is 418 g/mol. The molecule has 5 rings (SSSR count). The quantitative estimate of drug-likeness (QED) is 0.406. The molecule has 1 aliphatic rings. The number of para-hydroxylation sites is 1. The molecule has 1 aliphatic heterocycles. The number of hydrogen-bond donors (Lipinski definition) is 0. The van der Waals surface area contributed by atoms with Crippen LogP contribution in [-0.4, -0.2) is 33.5 Å². The van der Waals surface area contributed by atoms with Crippen LogP contribution >= 0.6 is 11.8 Å². The maximum atomic E-state index is 12.8. The summed E-state index contributed by atoms with van der Waals surface area (Å²) in [7, 11) is 1.66. The van der Waals surface area contributed by atoms with E-state index < -0.39 is 0 Å². The number of methoxy groups -OCH3 is 1. The lowest BCUT2D eigenvalue weighted by Gasteiger charge is -2.24. The SMILES string of the molecule is COc1ccc(-c2nn(-c3ccccc3)cc2C2SCC(=O)N2Cc2ccccc2)cc1. The third kappa shape index (κ3) is 4.01. The molecule has 0 N–H and O–H groups in total. The highest BCUT2D eigenvalue weighted by Crippen LogP contribution is 2.43. The minimum Gasteiger partial charge on any atom is -0.497 e. The van der Waals surface area contributed by atoms with Gasteiger partial charge in [0.25, 0.3) is 0 Å². The van der Waals surface area contributed by atoms with E-state index in [-0.39, 0.29) is 11.3 Å². The maximum absolute atomic E-state index is 12.8. The molecule has 2 heterocycles. The molecule has 1 amide bonds. The van der Waals surface area contributed by atoms with Crippen molar-refractivity contribution in [1.29, 1.82) is 0 Å². The molecular formula is C26H23N3O2S. The first-order chi connectivity index (χ1) is 15.7. The Kier molecular flexibility index (Phi) is 5.69. The summed E-state index contributed by atoms with van der Waals surface area (Å²) >= 11 is 1.65. The summed E-state index contributed by atoms with van der Waals surface area (Å²) in [6.07, 6.45) is 2.06. The Morgan fingerprint density at radius 3 is 2.34 bits per heavy atom. The number of carbonyl (C=O) groups excluding carboxylic acids is 1. The highest BCUT2D eigenvalue weighted by molar-refractivity contribution is 8.00. The van der Waals surface area contributed by atoms with Crippen molar-refractivity contribution < 1.29 is 9.53 Å². The van der Waals surface area contributed by atoms with E-state index in [0.29, 0.717) is 12.3 Å². The topological polar surface area (TPSA) is 47.4 Å². The normalized spacial score (nSPS) is 15.8. The van der Waals surface area contributed by atoms with Gasteiger partial charge in [-0.25, -0.2) is 4.68 Å². The predicted molar refractivity (Wildman–Crippen MR) is 128 cm³/mol. The third-order valence-electron chi connectivity index (χ3n) is 5.56. The van der Waals surface area contributed by atoms with Crippen molar-refractivity contribution in [2.24, 2.45) is 0 Å². The molecule has 6 heteroatoms. The van der Waals surface area contributed by atoms with Crippen molar-refractivity contribution in [2.45, 2.75) is 11.9 Å². The van der Waals surface area contributed by atoms with E-state index in [2.05, 4.69) is 18.3 Å². The fourth-order valence-electron chi connectivity index (χ4n) is 3.92. The molecule has 0 aliphatic carbocycles. The van der Waals surface area contributed by atoms with Crippen molar-refractivity contribution in [2.75, 3.05) is 12.9 Å². The number of nitrogens with zero attached hydrogens (tertiary/aromatic N) is 3. The zero-order valence-corrected chi connectivity index (χ0v) is 18.5. The number of benzene rings is 3. The van der Waals surface area contributed by atoms with Crippen molar-refractivity contribution in [3.63, 3.8) is 0 Å². The van der Waals surface area contributed by atoms with Gasteiger partial charge in [-0.15, -0.1) is 11.8 Å². The molecule has 5 nitrogen and oxygen atoms in total. The average Bonchev–Trinajstić information content (AvgIpc) is 3.44. The van der Waals surface area contributed by atoms with E-state index in [1.54, 1.807) is 18.9 Å². The van der Waals surface area contributed by atoms with Gasteiger partial charge in [-0.2, -0.15) is 5.10 Å². The van der Waals surface area contributed by atoms with Crippen LogP contribution in [0.4, 0.5) is 0 Å². The van der Waals surface area contributed by atoms with Gasteiger partial charge in [0.15, 0.2) is 0 Å². The summed E-state index contributed by atoms with van der Waals surface area (Å²) in [6.45, 7) is 0.579. The number of carbonyl (C=O) groups is 1. The van der Waals surface area contributed by atoms with Crippen LogP contribution in [0.2, 0.25) is 0 Å². The Labute approximate surface area is 191 Å². The summed E-state index contributed by atoms with van der Waals surface area (Å²) in [4.78, 5) is 14.8. The van der Waals surface area contributed by atoms with Gasteiger partial charge >= 0.3 is 0 Å². The van der Waals surface area contributed by atoms with Crippen LogP contribution in [0.3, 0.4) is 0 Å². The van der Waals surface area contributed by atoms with Gasteiger partial charge in [-0.05, 0) is 42.0 Å². The van der Waals surface area contributed by atoms with Crippen LogP contribution in [0, 0.1) is 0 Å². The lowest BCUT2D eigenvalue weighted by Crippen LogP contribution is -2.27. The second-order valence-corrected chi connectivity index (χ2v) is 8.68. The minimum atomic E-state index is -0.0997. The van der Waals surface area contributed by atoms with E-state index in [4.69, 9.17) is 9.84 Å². The standard InChI is InChI=1S/C26H23N3O2S/c1-31-22-14-12-20(13-15-22)25-23(17-29(27-25)21-10-6-3-7-11-21)26-28(24(30)18-32-26)16-19-8-4-2-5-9-19/h2-15,17,26H,16,18H2,1H3. The molecule has 160 valence electrons. The van der Waals surface area contributed by atoms with Gasteiger partial charge in [0.05, 0.1) is 24.2 Å². The number of ether oxygens (including phenoxy) is 1. The van der Waals surface area contributed by atoms with Crippen molar-refractivity contribution >= 4 is 17.7 Å². The second-order valence-electron chi connectivity index (χ2n) is 7.61. The molecule has 32 heavy (non-hydrogen) atoms. The highest BCUT2D eigenvalue weighted by atomic mass is 32.2. The van der Waals surface area contributed by atoms with Crippen LogP contribution in [0.1, 0.15) is 16.5 Å². The first kappa shape index (κ1) is 20.4. The Hall–Kier alpha value is -3.51. The molecule has 1 atom stereocenters. The average molecular weight is 442 g/mol. The Morgan fingerprint density at radius 2 is 1.66 bits per heavy atom. The number of rotatable bonds is 6. The van der Waals surface area contributed by atoms with Crippen LogP contribution in [0.5, 0.6) is 5.75 Å². The molecule has 1 fully saturated rings. The zero-order valence-electron chi connectivity index (χ0n) is 17.7. The Bertz CT molecular complexity index is 1210. The maximum Gasteiger partial charge on any atom is 0.234 e. The number of hydrogen-bond acceptors (Lipinski definition) is 4. The second kappa shape index (κ2) is 8.93. The highest BCUT2D eigenvalue weighted by Gasteiger charge is 2.35. The van der Waals surface area contributed by atoms with Crippen LogP contribution in [0.25, 0.3) is 16.9 Å². The van der Waals surface area contributed by atoms with Crippen molar-refractivity contribution in [3.8, 4) is 22.7 Å². The Morgan fingerprint density at radius 1 is 0.969 bits per heavy atom. The van der Waals surface area contributed by atoms with Crippen molar-refractivity contribution in [1.82, 2.24) is 14.7 Å². The molecule has 0 saturated carbocycles. The van der Waals surface area contributed by atoms with E-state index in [0.717, 1.165) is 33.8 Å².